The van der Waals surface area contributed by atoms with Crippen molar-refractivity contribution in [2.75, 3.05) is 12.3 Å². The van der Waals surface area contributed by atoms with Crippen molar-refractivity contribution in [3.05, 3.63) is 60.2 Å². The summed E-state index contributed by atoms with van der Waals surface area (Å²) in [5.41, 5.74) is 7.24. The van der Waals surface area contributed by atoms with Crippen molar-refractivity contribution >= 4 is 15.7 Å². The monoisotopic (exact) mass is 290 g/mol. The molecule has 0 aliphatic carbocycles. The Morgan fingerprint density at radius 2 is 1.75 bits per heavy atom. The molecule has 0 saturated heterocycles. The molecule has 106 valence electrons. The highest BCUT2D eigenvalue weighted by atomic mass is 32.2. The van der Waals surface area contributed by atoms with Crippen LogP contribution in [0.2, 0.25) is 0 Å². The van der Waals surface area contributed by atoms with E-state index >= 15 is 0 Å². The molecule has 0 aromatic heterocycles. The molecule has 0 radical (unpaired) electrons. The van der Waals surface area contributed by atoms with Gasteiger partial charge in [0, 0.05) is 18.8 Å². The van der Waals surface area contributed by atoms with Crippen molar-refractivity contribution in [2.45, 2.75) is 18.4 Å². The Hall–Kier alpha value is -1.85. The predicted molar refractivity (Wildman–Crippen MR) is 80.6 cm³/mol. The summed E-state index contributed by atoms with van der Waals surface area (Å²) < 4.78 is 26.5. The summed E-state index contributed by atoms with van der Waals surface area (Å²) in [4.78, 5) is 0.311. The van der Waals surface area contributed by atoms with Crippen molar-refractivity contribution in [3.63, 3.8) is 0 Å². The van der Waals surface area contributed by atoms with Crippen molar-refractivity contribution < 1.29 is 8.42 Å². The number of benzene rings is 2. The largest absolute Gasteiger partial charge is 0.399 e. The summed E-state index contributed by atoms with van der Waals surface area (Å²) in [7, 11) is -3.47. The minimum Gasteiger partial charge on any atom is -0.399 e. The highest BCUT2D eigenvalue weighted by molar-refractivity contribution is 7.89. The second kappa shape index (κ2) is 6.07. The van der Waals surface area contributed by atoms with Gasteiger partial charge in [-0.25, -0.2) is 8.42 Å². The number of hydrogen-bond donors (Lipinski definition) is 1. The van der Waals surface area contributed by atoms with Gasteiger partial charge in [-0.3, -0.25) is 0 Å². The normalized spacial score (nSPS) is 11.7. The molecule has 0 bridgehead atoms. The van der Waals surface area contributed by atoms with Crippen LogP contribution in [-0.4, -0.2) is 19.3 Å². The molecule has 2 aromatic rings. The van der Waals surface area contributed by atoms with E-state index < -0.39 is 10.0 Å². The number of rotatable bonds is 5. The van der Waals surface area contributed by atoms with Crippen LogP contribution < -0.4 is 5.73 Å². The maximum atomic E-state index is 12.5. The number of nitrogens with zero attached hydrogens (tertiary/aromatic N) is 1. The standard InChI is InChI=1S/C15H18N2O2S/c1-2-17(12-13-7-6-8-14(16)11-13)20(18,19)15-9-4-3-5-10-15/h3-11H,2,12,16H2,1H3. The minimum absolute atomic E-state index is 0.311. The molecule has 0 spiro atoms. The van der Waals surface area contributed by atoms with Gasteiger partial charge in [0.1, 0.15) is 0 Å². The molecule has 4 nitrogen and oxygen atoms in total. The van der Waals surface area contributed by atoms with Crippen molar-refractivity contribution in [1.82, 2.24) is 4.31 Å². The first-order valence-electron chi connectivity index (χ1n) is 6.43. The highest BCUT2D eigenvalue weighted by Gasteiger charge is 2.22. The molecule has 2 aromatic carbocycles. The average Bonchev–Trinajstić information content (AvgIpc) is 2.45. The lowest BCUT2D eigenvalue weighted by Gasteiger charge is -2.20. The molecular weight excluding hydrogens is 272 g/mol. The summed E-state index contributed by atoms with van der Waals surface area (Å²) >= 11 is 0. The number of sulfonamides is 1. The zero-order valence-corrected chi connectivity index (χ0v) is 12.2. The summed E-state index contributed by atoms with van der Waals surface area (Å²) in [6.07, 6.45) is 0. The Morgan fingerprint density at radius 3 is 2.35 bits per heavy atom. The molecule has 2 N–H and O–H groups in total. The molecule has 0 fully saturated rings. The van der Waals surface area contributed by atoms with Crippen LogP contribution in [0.3, 0.4) is 0 Å². The van der Waals surface area contributed by atoms with Gasteiger partial charge in [0.05, 0.1) is 4.90 Å². The number of anilines is 1. The van der Waals surface area contributed by atoms with Crippen LogP contribution in [0.25, 0.3) is 0 Å². The zero-order valence-electron chi connectivity index (χ0n) is 11.4. The third-order valence-electron chi connectivity index (χ3n) is 3.04. The van der Waals surface area contributed by atoms with Gasteiger partial charge >= 0.3 is 0 Å². The molecule has 0 amide bonds. The molecule has 2 rings (SSSR count). The van der Waals surface area contributed by atoms with Gasteiger partial charge in [-0.15, -0.1) is 0 Å². The predicted octanol–water partition coefficient (Wildman–Crippen LogP) is 2.48. The Balaban J connectivity index is 2.29. The molecule has 0 aliphatic rings. The summed E-state index contributed by atoms with van der Waals surface area (Å²) in [5, 5.41) is 0. The van der Waals surface area contributed by atoms with E-state index in [2.05, 4.69) is 0 Å². The maximum Gasteiger partial charge on any atom is 0.243 e. The smallest absolute Gasteiger partial charge is 0.243 e. The van der Waals surface area contributed by atoms with E-state index in [1.54, 1.807) is 42.5 Å². The summed E-state index contributed by atoms with van der Waals surface area (Å²) in [5.74, 6) is 0. The molecule has 20 heavy (non-hydrogen) atoms. The van der Waals surface area contributed by atoms with Gasteiger partial charge in [-0.05, 0) is 29.8 Å². The second-order valence-corrected chi connectivity index (χ2v) is 6.43. The SMILES string of the molecule is CCN(Cc1cccc(N)c1)S(=O)(=O)c1ccccc1. The Kier molecular flexibility index (Phi) is 4.42. The first-order chi connectivity index (χ1) is 9.54. The zero-order chi connectivity index (χ0) is 14.6. The van der Waals surface area contributed by atoms with Crippen LogP contribution in [0.15, 0.2) is 59.5 Å². The van der Waals surface area contributed by atoms with E-state index in [1.807, 2.05) is 19.1 Å². The Labute approximate surface area is 119 Å². The van der Waals surface area contributed by atoms with Gasteiger partial charge in [0.25, 0.3) is 0 Å². The third-order valence-corrected chi connectivity index (χ3v) is 4.98. The van der Waals surface area contributed by atoms with Crippen LogP contribution in [0, 0.1) is 0 Å². The number of nitrogen functional groups attached to an aromatic ring is 1. The van der Waals surface area contributed by atoms with Gasteiger partial charge in [-0.1, -0.05) is 37.3 Å². The van der Waals surface area contributed by atoms with E-state index in [1.165, 1.54) is 4.31 Å². The second-order valence-electron chi connectivity index (χ2n) is 4.49. The first-order valence-corrected chi connectivity index (χ1v) is 7.87. The minimum atomic E-state index is -3.47. The molecule has 0 atom stereocenters. The highest BCUT2D eigenvalue weighted by Crippen LogP contribution is 2.18. The Morgan fingerprint density at radius 1 is 1.05 bits per heavy atom. The lowest BCUT2D eigenvalue weighted by atomic mass is 10.2. The van der Waals surface area contributed by atoms with Gasteiger partial charge < -0.3 is 5.73 Å². The Bertz CT molecular complexity index is 669. The van der Waals surface area contributed by atoms with E-state index in [4.69, 9.17) is 5.73 Å². The maximum absolute atomic E-state index is 12.5. The van der Waals surface area contributed by atoms with Gasteiger partial charge in [-0.2, -0.15) is 4.31 Å². The molecular formula is C15H18N2O2S. The summed E-state index contributed by atoms with van der Waals surface area (Å²) in [6.45, 7) is 2.55. The average molecular weight is 290 g/mol. The van der Waals surface area contributed by atoms with Crippen LogP contribution in [-0.2, 0) is 16.6 Å². The fourth-order valence-electron chi connectivity index (χ4n) is 2.00. The van der Waals surface area contributed by atoms with Crippen LogP contribution in [0.1, 0.15) is 12.5 Å². The van der Waals surface area contributed by atoms with E-state index in [0.717, 1.165) is 5.56 Å². The molecule has 0 saturated carbocycles. The van der Waals surface area contributed by atoms with Crippen molar-refractivity contribution in [3.8, 4) is 0 Å². The number of hydrogen-bond acceptors (Lipinski definition) is 3. The van der Waals surface area contributed by atoms with Crippen LogP contribution in [0.4, 0.5) is 5.69 Å². The van der Waals surface area contributed by atoms with Crippen LogP contribution >= 0.6 is 0 Å². The summed E-state index contributed by atoms with van der Waals surface area (Å²) in [6, 6.07) is 15.7. The van der Waals surface area contributed by atoms with E-state index in [9.17, 15) is 8.42 Å². The quantitative estimate of drug-likeness (QED) is 0.860. The van der Waals surface area contributed by atoms with Crippen molar-refractivity contribution in [1.29, 1.82) is 0 Å². The molecule has 0 aliphatic heterocycles. The van der Waals surface area contributed by atoms with E-state index in [-0.39, 0.29) is 0 Å². The number of nitrogens with two attached hydrogens (primary N) is 1. The molecule has 0 heterocycles. The van der Waals surface area contributed by atoms with Crippen LogP contribution in [0.5, 0.6) is 0 Å². The molecule has 0 unspecified atom stereocenters. The van der Waals surface area contributed by atoms with E-state index in [0.29, 0.717) is 23.7 Å². The topological polar surface area (TPSA) is 63.4 Å². The fraction of sp³-hybridized carbons (Fsp3) is 0.200. The van der Waals surface area contributed by atoms with Gasteiger partial charge in [0.15, 0.2) is 0 Å². The lowest BCUT2D eigenvalue weighted by molar-refractivity contribution is 0.423. The first kappa shape index (κ1) is 14.6. The van der Waals surface area contributed by atoms with Gasteiger partial charge in [0.2, 0.25) is 10.0 Å². The fourth-order valence-corrected chi connectivity index (χ4v) is 3.46. The van der Waals surface area contributed by atoms with Crippen molar-refractivity contribution in [2.24, 2.45) is 0 Å². The molecule has 5 heteroatoms. The third kappa shape index (κ3) is 3.18. The lowest BCUT2D eigenvalue weighted by Crippen LogP contribution is -2.30.